The lowest BCUT2D eigenvalue weighted by molar-refractivity contribution is 0.0692. The number of aromatic carboxylic acids is 1. The molecule has 0 heterocycles. The summed E-state index contributed by atoms with van der Waals surface area (Å²) in [5, 5.41) is 9.37. The molecule has 4 heteroatoms. The molecule has 1 aromatic carbocycles. The first-order valence-corrected chi connectivity index (χ1v) is 5.18. The van der Waals surface area contributed by atoms with Crippen molar-refractivity contribution >= 4 is 17.6 Å². The summed E-state index contributed by atoms with van der Waals surface area (Å²) in [6.07, 6.45) is 1.90. The number of carboxylic acids is 1. The third-order valence-electron chi connectivity index (χ3n) is 1.93. The van der Waals surface area contributed by atoms with Gasteiger partial charge in [0.05, 0.1) is 6.61 Å². The second-order valence-corrected chi connectivity index (χ2v) is 3.58. The normalized spacial score (nSPS) is 10.0. The molecule has 0 atom stereocenters. The lowest BCUT2D eigenvalue weighted by Crippen LogP contribution is -2.04. The van der Waals surface area contributed by atoms with Crippen LogP contribution in [0.2, 0.25) is 5.02 Å². The molecule has 0 saturated heterocycles. The average molecular weight is 229 g/mol. The molecule has 0 unspecified atom stereocenters. The third kappa shape index (κ3) is 3.44. The first-order chi connectivity index (χ1) is 7.15. The van der Waals surface area contributed by atoms with Crippen LogP contribution in [0.3, 0.4) is 0 Å². The van der Waals surface area contributed by atoms with E-state index in [1.54, 1.807) is 0 Å². The van der Waals surface area contributed by atoms with E-state index < -0.39 is 5.97 Å². The summed E-state index contributed by atoms with van der Waals surface area (Å²) < 4.78 is 5.35. The van der Waals surface area contributed by atoms with Gasteiger partial charge in [0.15, 0.2) is 0 Å². The molecule has 3 nitrogen and oxygen atoms in total. The number of ether oxygens (including phenoxy) is 1. The Hall–Kier alpha value is -1.22. The van der Waals surface area contributed by atoms with Gasteiger partial charge >= 0.3 is 5.97 Å². The third-order valence-corrected chi connectivity index (χ3v) is 2.16. The smallest absolute Gasteiger partial charge is 0.339 e. The highest BCUT2D eigenvalue weighted by Gasteiger charge is 2.11. The fourth-order valence-electron chi connectivity index (χ4n) is 1.12. The van der Waals surface area contributed by atoms with E-state index in [4.69, 9.17) is 21.4 Å². The predicted molar refractivity (Wildman–Crippen MR) is 58.8 cm³/mol. The van der Waals surface area contributed by atoms with Crippen LogP contribution in [0.1, 0.15) is 30.1 Å². The highest BCUT2D eigenvalue weighted by Crippen LogP contribution is 2.23. The van der Waals surface area contributed by atoms with Gasteiger partial charge in [-0.2, -0.15) is 0 Å². The van der Waals surface area contributed by atoms with Crippen molar-refractivity contribution in [3.63, 3.8) is 0 Å². The van der Waals surface area contributed by atoms with E-state index in [1.165, 1.54) is 18.2 Å². The van der Waals surface area contributed by atoms with Crippen LogP contribution in [-0.4, -0.2) is 17.7 Å². The Morgan fingerprint density at radius 3 is 2.87 bits per heavy atom. The summed E-state index contributed by atoms with van der Waals surface area (Å²) in [4.78, 5) is 10.8. The molecule has 15 heavy (non-hydrogen) atoms. The minimum atomic E-state index is -1.00. The summed E-state index contributed by atoms with van der Waals surface area (Å²) in [6.45, 7) is 2.55. The van der Waals surface area contributed by atoms with Gasteiger partial charge in [-0.3, -0.25) is 0 Å². The molecule has 0 aromatic heterocycles. The van der Waals surface area contributed by atoms with Crippen molar-refractivity contribution in [3.8, 4) is 5.75 Å². The standard InChI is InChI=1S/C11H13ClO3/c1-2-3-6-15-10-7-8(12)4-5-9(10)11(13)14/h4-5,7H,2-3,6H2,1H3,(H,13,14). The molecular formula is C11H13ClO3. The molecule has 0 aliphatic rings. The maximum Gasteiger partial charge on any atom is 0.339 e. The van der Waals surface area contributed by atoms with Crippen LogP contribution >= 0.6 is 11.6 Å². The summed E-state index contributed by atoms with van der Waals surface area (Å²) >= 11 is 5.76. The Balaban J connectivity index is 2.82. The van der Waals surface area contributed by atoms with Crippen molar-refractivity contribution in [1.29, 1.82) is 0 Å². The van der Waals surface area contributed by atoms with Crippen LogP contribution in [0.15, 0.2) is 18.2 Å². The molecule has 0 aliphatic carbocycles. The van der Waals surface area contributed by atoms with E-state index in [-0.39, 0.29) is 5.56 Å². The zero-order chi connectivity index (χ0) is 11.3. The number of halogens is 1. The van der Waals surface area contributed by atoms with Crippen molar-refractivity contribution in [1.82, 2.24) is 0 Å². The highest BCUT2D eigenvalue weighted by atomic mass is 35.5. The second-order valence-electron chi connectivity index (χ2n) is 3.15. The SMILES string of the molecule is CCCCOc1cc(Cl)ccc1C(=O)O. The van der Waals surface area contributed by atoms with Gasteiger partial charge in [-0.15, -0.1) is 0 Å². The minimum Gasteiger partial charge on any atom is -0.493 e. The Morgan fingerprint density at radius 1 is 1.53 bits per heavy atom. The summed E-state index contributed by atoms with van der Waals surface area (Å²) in [6, 6.07) is 4.52. The first-order valence-electron chi connectivity index (χ1n) is 4.80. The summed E-state index contributed by atoms with van der Waals surface area (Å²) in [5.74, 6) is -0.665. The molecule has 0 saturated carbocycles. The lowest BCUT2D eigenvalue weighted by Gasteiger charge is -2.08. The number of hydrogen-bond acceptors (Lipinski definition) is 2. The van der Waals surface area contributed by atoms with Gasteiger partial charge in [-0.05, 0) is 24.6 Å². The Labute approximate surface area is 93.6 Å². The second kappa shape index (κ2) is 5.61. The lowest BCUT2D eigenvalue weighted by atomic mass is 10.2. The molecular weight excluding hydrogens is 216 g/mol. The molecule has 0 aliphatic heterocycles. The minimum absolute atomic E-state index is 0.149. The van der Waals surface area contributed by atoms with Crippen molar-refractivity contribution in [2.24, 2.45) is 0 Å². The molecule has 0 amide bonds. The van der Waals surface area contributed by atoms with Crippen molar-refractivity contribution in [2.75, 3.05) is 6.61 Å². The van der Waals surface area contributed by atoms with Gasteiger partial charge in [0, 0.05) is 5.02 Å². The monoisotopic (exact) mass is 228 g/mol. The first kappa shape index (κ1) is 11.9. The number of carboxylic acid groups (broad SMARTS) is 1. The van der Waals surface area contributed by atoms with Crippen LogP contribution in [0.4, 0.5) is 0 Å². The molecule has 1 N–H and O–H groups in total. The van der Waals surface area contributed by atoms with E-state index in [9.17, 15) is 4.79 Å². The molecule has 82 valence electrons. The fourth-order valence-corrected chi connectivity index (χ4v) is 1.28. The van der Waals surface area contributed by atoms with Crippen molar-refractivity contribution in [3.05, 3.63) is 28.8 Å². The van der Waals surface area contributed by atoms with Gasteiger partial charge in [0.2, 0.25) is 0 Å². The van der Waals surface area contributed by atoms with Crippen molar-refractivity contribution < 1.29 is 14.6 Å². The van der Waals surface area contributed by atoms with Crippen LogP contribution in [0.5, 0.6) is 5.75 Å². The summed E-state index contributed by atoms with van der Waals surface area (Å²) in [7, 11) is 0. The van der Waals surface area contributed by atoms with Gasteiger partial charge in [0.25, 0.3) is 0 Å². The zero-order valence-electron chi connectivity index (χ0n) is 8.50. The van der Waals surface area contributed by atoms with E-state index in [1.807, 2.05) is 6.92 Å². The fraction of sp³-hybridized carbons (Fsp3) is 0.364. The maximum absolute atomic E-state index is 10.8. The Kier molecular flexibility index (Phi) is 4.43. The van der Waals surface area contributed by atoms with Crippen LogP contribution in [0, 0.1) is 0 Å². The Bertz CT molecular complexity index is 350. The molecule has 1 rings (SSSR count). The largest absolute Gasteiger partial charge is 0.493 e. The van der Waals surface area contributed by atoms with E-state index in [2.05, 4.69) is 0 Å². The van der Waals surface area contributed by atoms with Crippen LogP contribution in [-0.2, 0) is 0 Å². The number of carbonyl (C=O) groups is 1. The number of rotatable bonds is 5. The quantitative estimate of drug-likeness (QED) is 0.788. The number of hydrogen-bond donors (Lipinski definition) is 1. The molecule has 0 fully saturated rings. The van der Waals surface area contributed by atoms with Crippen molar-refractivity contribution in [2.45, 2.75) is 19.8 Å². The van der Waals surface area contributed by atoms with Gasteiger partial charge < -0.3 is 9.84 Å². The predicted octanol–water partition coefficient (Wildman–Crippen LogP) is 3.22. The van der Waals surface area contributed by atoms with Gasteiger partial charge in [-0.1, -0.05) is 24.9 Å². The van der Waals surface area contributed by atoms with E-state index in [0.29, 0.717) is 17.4 Å². The molecule has 1 aromatic rings. The number of benzene rings is 1. The molecule has 0 spiro atoms. The molecule has 0 radical (unpaired) electrons. The highest BCUT2D eigenvalue weighted by molar-refractivity contribution is 6.30. The summed E-state index contributed by atoms with van der Waals surface area (Å²) in [5.41, 5.74) is 0.149. The average Bonchev–Trinajstić information content (AvgIpc) is 2.18. The van der Waals surface area contributed by atoms with Gasteiger partial charge in [0.1, 0.15) is 11.3 Å². The van der Waals surface area contributed by atoms with Gasteiger partial charge in [-0.25, -0.2) is 4.79 Å². The number of unbranched alkanes of at least 4 members (excludes halogenated alkanes) is 1. The van der Waals surface area contributed by atoms with Crippen LogP contribution < -0.4 is 4.74 Å². The maximum atomic E-state index is 10.8. The topological polar surface area (TPSA) is 46.5 Å². The van der Waals surface area contributed by atoms with Crippen LogP contribution in [0.25, 0.3) is 0 Å². The Morgan fingerprint density at radius 2 is 2.27 bits per heavy atom. The zero-order valence-corrected chi connectivity index (χ0v) is 9.25. The molecule has 0 bridgehead atoms. The van der Waals surface area contributed by atoms with E-state index >= 15 is 0 Å². The van der Waals surface area contributed by atoms with E-state index in [0.717, 1.165) is 12.8 Å².